The number of carbonyl (C=O) groups is 1. The summed E-state index contributed by atoms with van der Waals surface area (Å²) >= 11 is 0. The molecule has 2 aromatic carbocycles. The van der Waals surface area contributed by atoms with Gasteiger partial charge in [-0.25, -0.2) is 0 Å². The van der Waals surface area contributed by atoms with E-state index >= 15 is 0 Å². The number of hydrogen-bond acceptors (Lipinski definition) is 2. The number of carbonyl (C=O) groups excluding carboxylic acids is 1. The Morgan fingerprint density at radius 3 is 2.10 bits per heavy atom. The maximum atomic E-state index is 11.6. The van der Waals surface area contributed by atoms with Crippen LogP contribution >= 0.6 is 0 Å². The Bertz CT molecular complexity index is 614. The van der Waals surface area contributed by atoms with Crippen molar-refractivity contribution in [2.75, 3.05) is 0 Å². The van der Waals surface area contributed by atoms with Gasteiger partial charge in [0.25, 0.3) is 0 Å². The number of hydrogen-bond donors (Lipinski definition) is 0. The van der Waals surface area contributed by atoms with E-state index in [1.165, 1.54) is 11.1 Å². The minimum atomic E-state index is -0.117. The first kappa shape index (κ1) is 12.7. The zero-order valence-electron chi connectivity index (χ0n) is 11.2. The maximum absolute atomic E-state index is 11.6. The predicted molar refractivity (Wildman–Crippen MR) is 78.0 cm³/mol. The number of benzene rings is 2. The molecule has 1 aliphatic rings. The SMILES string of the molecule is O=C1OC(=CCc2ccccc2)C1Cc1ccccc1. The fourth-order valence-corrected chi connectivity index (χ4v) is 2.37. The summed E-state index contributed by atoms with van der Waals surface area (Å²) in [5.41, 5.74) is 2.39. The van der Waals surface area contributed by atoms with Crippen LogP contribution in [0.5, 0.6) is 0 Å². The van der Waals surface area contributed by atoms with Gasteiger partial charge in [0.05, 0.1) is 0 Å². The summed E-state index contributed by atoms with van der Waals surface area (Å²) in [5.74, 6) is 0.581. The monoisotopic (exact) mass is 264 g/mol. The highest BCUT2D eigenvalue weighted by Crippen LogP contribution is 2.30. The number of ether oxygens (including phenoxy) is 1. The average molecular weight is 264 g/mol. The molecule has 1 atom stereocenters. The largest absolute Gasteiger partial charge is 0.430 e. The normalized spacial score (nSPS) is 19.5. The Kier molecular flexibility index (Phi) is 3.64. The van der Waals surface area contributed by atoms with Crippen molar-refractivity contribution >= 4 is 5.97 Å². The van der Waals surface area contributed by atoms with Gasteiger partial charge < -0.3 is 4.74 Å². The predicted octanol–water partition coefficient (Wildman–Crippen LogP) is 3.53. The van der Waals surface area contributed by atoms with Crippen LogP contribution in [0.4, 0.5) is 0 Å². The third kappa shape index (κ3) is 2.80. The summed E-state index contributed by atoms with van der Waals surface area (Å²) in [6.45, 7) is 0. The number of rotatable bonds is 4. The molecule has 100 valence electrons. The van der Waals surface area contributed by atoms with Gasteiger partial charge in [-0.1, -0.05) is 60.7 Å². The molecule has 0 saturated carbocycles. The fourth-order valence-electron chi connectivity index (χ4n) is 2.37. The highest BCUT2D eigenvalue weighted by atomic mass is 16.6. The van der Waals surface area contributed by atoms with Crippen molar-refractivity contribution in [3.8, 4) is 0 Å². The number of allylic oxidation sites excluding steroid dienone is 1. The molecule has 1 heterocycles. The van der Waals surface area contributed by atoms with Crippen molar-refractivity contribution in [1.82, 2.24) is 0 Å². The van der Waals surface area contributed by atoms with Gasteiger partial charge in [0, 0.05) is 0 Å². The van der Waals surface area contributed by atoms with E-state index in [0.29, 0.717) is 0 Å². The zero-order valence-corrected chi connectivity index (χ0v) is 11.2. The van der Waals surface area contributed by atoms with E-state index in [1.54, 1.807) is 0 Å². The van der Waals surface area contributed by atoms with Gasteiger partial charge in [-0.3, -0.25) is 4.79 Å². The molecule has 0 aliphatic carbocycles. The van der Waals surface area contributed by atoms with Crippen LogP contribution in [-0.2, 0) is 22.4 Å². The first-order chi connectivity index (χ1) is 9.83. The summed E-state index contributed by atoms with van der Waals surface area (Å²) in [5, 5.41) is 0. The van der Waals surface area contributed by atoms with Crippen molar-refractivity contribution < 1.29 is 9.53 Å². The topological polar surface area (TPSA) is 26.3 Å². The van der Waals surface area contributed by atoms with Crippen molar-refractivity contribution in [2.45, 2.75) is 12.8 Å². The van der Waals surface area contributed by atoms with Crippen LogP contribution in [0, 0.1) is 5.92 Å². The highest BCUT2D eigenvalue weighted by molar-refractivity contribution is 5.83. The molecular weight excluding hydrogens is 248 g/mol. The van der Waals surface area contributed by atoms with Crippen LogP contribution in [0.15, 0.2) is 72.5 Å². The molecule has 3 rings (SSSR count). The first-order valence-electron chi connectivity index (χ1n) is 6.82. The van der Waals surface area contributed by atoms with Crippen molar-refractivity contribution in [3.05, 3.63) is 83.6 Å². The zero-order chi connectivity index (χ0) is 13.8. The molecule has 1 saturated heterocycles. The van der Waals surface area contributed by atoms with E-state index in [2.05, 4.69) is 12.1 Å². The van der Waals surface area contributed by atoms with E-state index in [-0.39, 0.29) is 11.9 Å². The molecule has 20 heavy (non-hydrogen) atoms. The molecule has 2 aromatic rings. The standard InChI is InChI=1S/C18H16O2/c19-18-16(13-15-9-5-2-6-10-15)17(20-18)12-11-14-7-3-1-4-8-14/h1-10,12,16H,11,13H2. The summed E-state index contributed by atoms with van der Waals surface area (Å²) in [7, 11) is 0. The van der Waals surface area contributed by atoms with Gasteiger partial charge in [0.2, 0.25) is 0 Å². The second kappa shape index (κ2) is 5.74. The Morgan fingerprint density at radius 2 is 1.50 bits per heavy atom. The minimum absolute atomic E-state index is 0.110. The lowest BCUT2D eigenvalue weighted by Gasteiger charge is -2.28. The second-order valence-electron chi connectivity index (χ2n) is 4.96. The molecule has 0 spiro atoms. The molecule has 1 fully saturated rings. The number of cyclic esters (lactones) is 1. The lowest BCUT2D eigenvalue weighted by molar-refractivity contribution is -0.157. The molecule has 0 bridgehead atoms. The molecule has 0 aromatic heterocycles. The van der Waals surface area contributed by atoms with Gasteiger partial charge in [-0.15, -0.1) is 0 Å². The Balaban J connectivity index is 1.67. The lowest BCUT2D eigenvalue weighted by Crippen LogP contribution is -2.34. The molecule has 1 unspecified atom stereocenters. The third-order valence-corrected chi connectivity index (χ3v) is 3.51. The van der Waals surface area contributed by atoms with Crippen molar-refractivity contribution in [3.63, 3.8) is 0 Å². The van der Waals surface area contributed by atoms with E-state index in [1.807, 2.05) is 54.6 Å². The summed E-state index contributed by atoms with van der Waals surface area (Å²) in [6, 6.07) is 20.2. The summed E-state index contributed by atoms with van der Waals surface area (Å²) in [4.78, 5) is 11.6. The van der Waals surface area contributed by atoms with Gasteiger partial charge in [-0.2, -0.15) is 0 Å². The first-order valence-corrected chi connectivity index (χ1v) is 6.82. The molecule has 0 N–H and O–H groups in total. The van der Waals surface area contributed by atoms with E-state index < -0.39 is 0 Å². The van der Waals surface area contributed by atoms with Gasteiger partial charge in [-0.05, 0) is 30.0 Å². The summed E-state index contributed by atoms with van der Waals surface area (Å²) in [6.07, 6.45) is 3.54. The maximum Gasteiger partial charge on any atom is 0.322 e. The van der Waals surface area contributed by atoms with E-state index in [9.17, 15) is 4.79 Å². The van der Waals surface area contributed by atoms with Crippen molar-refractivity contribution in [1.29, 1.82) is 0 Å². The lowest BCUT2D eigenvalue weighted by atomic mass is 9.92. The van der Waals surface area contributed by atoms with Crippen LogP contribution < -0.4 is 0 Å². The molecule has 0 radical (unpaired) electrons. The Hall–Kier alpha value is -2.35. The Morgan fingerprint density at radius 1 is 0.900 bits per heavy atom. The van der Waals surface area contributed by atoms with Crippen molar-refractivity contribution in [2.24, 2.45) is 5.92 Å². The molecule has 0 amide bonds. The van der Waals surface area contributed by atoms with Gasteiger partial charge >= 0.3 is 5.97 Å². The average Bonchev–Trinajstić information content (AvgIpc) is 2.51. The van der Waals surface area contributed by atoms with Gasteiger partial charge in [0.1, 0.15) is 11.7 Å². The second-order valence-corrected chi connectivity index (χ2v) is 4.96. The summed E-state index contributed by atoms with van der Waals surface area (Å²) < 4.78 is 5.17. The van der Waals surface area contributed by atoms with Gasteiger partial charge in [0.15, 0.2) is 0 Å². The third-order valence-electron chi connectivity index (χ3n) is 3.51. The van der Waals surface area contributed by atoms with Crippen LogP contribution in [-0.4, -0.2) is 5.97 Å². The molecule has 2 nitrogen and oxygen atoms in total. The minimum Gasteiger partial charge on any atom is -0.430 e. The van der Waals surface area contributed by atoms with Crippen LogP contribution in [0.1, 0.15) is 11.1 Å². The van der Waals surface area contributed by atoms with Crippen LogP contribution in [0.2, 0.25) is 0 Å². The molecular formula is C18H16O2. The quantitative estimate of drug-likeness (QED) is 0.790. The van der Waals surface area contributed by atoms with E-state index in [4.69, 9.17) is 4.74 Å². The van der Waals surface area contributed by atoms with E-state index in [0.717, 1.165) is 18.6 Å². The number of esters is 1. The van der Waals surface area contributed by atoms with Crippen LogP contribution in [0.25, 0.3) is 0 Å². The van der Waals surface area contributed by atoms with Crippen LogP contribution in [0.3, 0.4) is 0 Å². The fraction of sp³-hybridized carbons (Fsp3) is 0.167. The smallest absolute Gasteiger partial charge is 0.322 e. The molecule has 2 heteroatoms. The molecule has 1 aliphatic heterocycles. The highest BCUT2D eigenvalue weighted by Gasteiger charge is 2.36. The Labute approximate surface area is 118 Å².